The van der Waals surface area contributed by atoms with E-state index >= 15 is 0 Å². The Morgan fingerprint density at radius 2 is 1.93 bits per heavy atom. The lowest BCUT2D eigenvalue weighted by atomic mass is 10.2. The van der Waals surface area contributed by atoms with Crippen LogP contribution in [0.3, 0.4) is 0 Å². The van der Waals surface area contributed by atoms with Crippen LogP contribution in [0.2, 0.25) is 0 Å². The third-order valence-corrected chi connectivity index (χ3v) is 5.36. The maximum Gasteiger partial charge on any atom is 0.273 e. The van der Waals surface area contributed by atoms with Crippen LogP contribution in [0.15, 0.2) is 47.8 Å². The van der Waals surface area contributed by atoms with Crippen molar-refractivity contribution in [2.45, 2.75) is 20.5 Å². The summed E-state index contributed by atoms with van der Waals surface area (Å²) in [7, 11) is 1.56. The fourth-order valence-electron chi connectivity index (χ4n) is 2.89. The predicted octanol–water partition coefficient (Wildman–Crippen LogP) is 5.02. The second-order valence-electron chi connectivity index (χ2n) is 6.30. The molecule has 1 amide bonds. The molecular weight excluding hydrogens is 391 g/mol. The van der Waals surface area contributed by atoms with E-state index in [0.717, 1.165) is 16.1 Å². The number of rotatable bonds is 8. The van der Waals surface area contributed by atoms with Crippen LogP contribution in [0, 0.1) is 5.82 Å². The smallest absolute Gasteiger partial charge is 0.273 e. The number of benzene rings is 2. The van der Waals surface area contributed by atoms with Crippen LogP contribution in [0.1, 0.15) is 29.9 Å². The largest absolute Gasteiger partial charge is 0.493 e. The molecule has 3 aromatic rings. The van der Waals surface area contributed by atoms with E-state index in [1.54, 1.807) is 35.6 Å². The van der Waals surface area contributed by atoms with Gasteiger partial charge in [0.05, 0.1) is 7.11 Å². The van der Waals surface area contributed by atoms with Gasteiger partial charge in [0.1, 0.15) is 23.1 Å². The number of ether oxygens (including phenoxy) is 2. The van der Waals surface area contributed by atoms with Gasteiger partial charge in [-0.1, -0.05) is 12.1 Å². The summed E-state index contributed by atoms with van der Waals surface area (Å²) >= 11 is 1.41. The molecule has 0 radical (unpaired) electrons. The number of amides is 1. The molecule has 2 aromatic carbocycles. The molecule has 0 spiro atoms. The molecule has 0 aliphatic rings. The van der Waals surface area contributed by atoms with Crippen molar-refractivity contribution in [3.05, 3.63) is 64.9 Å². The van der Waals surface area contributed by atoms with E-state index < -0.39 is 0 Å². The van der Waals surface area contributed by atoms with Crippen molar-refractivity contribution in [3.8, 4) is 22.1 Å². The summed E-state index contributed by atoms with van der Waals surface area (Å²) in [4.78, 5) is 18.7. The third kappa shape index (κ3) is 4.92. The van der Waals surface area contributed by atoms with Gasteiger partial charge in [0.15, 0.2) is 11.5 Å². The van der Waals surface area contributed by atoms with Gasteiger partial charge in [-0.15, -0.1) is 11.3 Å². The van der Waals surface area contributed by atoms with Crippen molar-refractivity contribution in [2.24, 2.45) is 0 Å². The summed E-state index contributed by atoms with van der Waals surface area (Å²) < 4.78 is 24.6. The molecular formula is C22H23FN2O3S. The topological polar surface area (TPSA) is 51.7 Å². The number of hydrogen-bond acceptors (Lipinski definition) is 5. The van der Waals surface area contributed by atoms with Crippen LogP contribution in [0.4, 0.5) is 4.39 Å². The fraction of sp³-hybridized carbons (Fsp3) is 0.273. The van der Waals surface area contributed by atoms with Gasteiger partial charge in [-0.05, 0) is 49.7 Å². The SMILES string of the molecule is CCN(CC)C(=O)c1csc(-c2ccc(OCc3cccc(F)c3)c(OC)c2)n1. The number of methoxy groups -OCH3 is 1. The summed E-state index contributed by atoms with van der Waals surface area (Å²) in [5.74, 6) is 0.731. The molecule has 0 unspecified atom stereocenters. The Hall–Kier alpha value is -2.93. The number of carbonyl (C=O) groups is 1. The first-order chi connectivity index (χ1) is 14.0. The molecule has 0 bridgehead atoms. The fourth-order valence-corrected chi connectivity index (χ4v) is 3.68. The first-order valence-corrected chi connectivity index (χ1v) is 10.2. The average Bonchev–Trinajstić information content (AvgIpc) is 3.23. The molecule has 7 heteroatoms. The number of nitrogens with zero attached hydrogens (tertiary/aromatic N) is 2. The molecule has 0 aliphatic heterocycles. The minimum absolute atomic E-state index is 0.0699. The molecule has 1 heterocycles. The van der Waals surface area contributed by atoms with Gasteiger partial charge in [0.2, 0.25) is 0 Å². The van der Waals surface area contributed by atoms with Gasteiger partial charge in [0, 0.05) is 24.0 Å². The maximum absolute atomic E-state index is 13.3. The van der Waals surface area contributed by atoms with Gasteiger partial charge in [-0.25, -0.2) is 9.37 Å². The minimum atomic E-state index is -0.299. The number of thiazole rings is 1. The highest BCUT2D eigenvalue weighted by atomic mass is 32.1. The summed E-state index contributed by atoms with van der Waals surface area (Å²) in [6.45, 7) is 5.41. The van der Waals surface area contributed by atoms with Crippen molar-refractivity contribution in [1.29, 1.82) is 0 Å². The molecule has 0 fully saturated rings. The van der Waals surface area contributed by atoms with E-state index in [4.69, 9.17) is 9.47 Å². The van der Waals surface area contributed by atoms with Crippen molar-refractivity contribution in [3.63, 3.8) is 0 Å². The Morgan fingerprint density at radius 1 is 1.14 bits per heavy atom. The molecule has 29 heavy (non-hydrogen) atoms. The van der Waals surface area contributed by atoms with Gasteiger partial charge < -0.3 is 14.4 Å². The standard InChI is InChI=1S/C22H23FN2O3S/c1-4-25(5-2)22(26)18-14-29-21(24-18)16-9-10-19(20(12-16)27-3)28-13-15-7-6-8-17(23)11-15/h6-12,14H,4-5,13H2,1-3H3. The van der Waals surface area contributed by atoms with E-state index in [-0.39, 0.29) is 18.3 Å². The lowest BCUT2D eigenvalue weighted by Crippen LogP contribution is -2.30. The zero-order valence-corrected chi connectivity index (χ0v) is 17.5. The van der Waals surface area contributed by atoms with Crippen LogP contribution < -0.4 is 9.47 Å². The zero-order chi connectivity index (χ0) is 20.8. The van der Waals surface area contributed by atoms with E-state index in [2.05, 4.69) is 4.98 Å². The van der Waals surface area contributed by atoms with Crippen molar-refractivity contribution < 1.29 is 18.7 Å². The first-order valence-electron chi connectivity index (χ1n) is 9.36. The lowest BCUT2D eigenvalue weighted by molar-refractivity contribution is 0.0768. The molecule has 152 valence electrons. The normalized spacial score (nSPS) is 10.6. The number of halogens is 1. The monoisotopic (exact) mass is 414 g/mol. The van der Waals surface area contributed by atoms with Crippen LogP contribution in [-0.4, -0.2) is 36.0 Å². The summed E-state index contributed by atoms with van der Waals surface area (Å²) in [6, 6.07) is 11.8. The summed E-state index contributed by atoms with van der Waals surface area (Å²) in [5, 5.41) is 2.51. The van der Waals surface area contributed by atoms with Crippen LogP contribution in [0.25, 0.3) is 10.6 Å². The van der Waals surface area contributed by atoms with E-state index in [1.807, 2.05) is 26.0 Å². The molecule has 0 N–H and O–H groups in total. The molecule has 0 aliphatic carbocycles. The average molecular weight is 415 g/mol. The molecule has 3 rings (SSSR count). The molecule has 0 saturated carbocycles. The Balaban J connectivity index is 1.77. The zero-order valence-electron chi connectivity index (χ0n) is 16.6. The molecule has 0 saturated heterocycles. The quantitative estimate of drug-likeness (QED) is 0.519. The highest BCUT2D eigenvalue weighted by molar-refractivity contribution is 7.13. The Bertz CT molecular complexity index is 986. The number of hydrogen-bond donors (Lipinski definition) is 0. The minimum Gasteiger partial charge on any atom is -0.493 e. The summed E-state index contributed by atoms with van der Waals surface area (Å²) in [6.07, 6.45) is 0. The summed E-state index contributed by atoms with van der Waals surface area (Å²) in [5.41, 5.74) is 2.01. The van der Waals surface area contributed by atoms with E-state index in [1.165, 1.54) is 23.5 Å². The highest BCUT2D eigenvalue weighted by Crippen LogP contribution is 2.34. The molecule has 5 nitrogen and oxygen atoms in total. The van der Waals surface area contributed by atoms with Crippen LogP contribution in [-0.2, 0) is 6.61 Å². The Labute approximate surface area is 173 Å². The van der Waals surface area contributed by atoms with E-state index in [9.17, 15) is 9.18 Å². The van der Waals surface area contributed by atoms with Gasteiger partial charge in [-0.2, -0.15) is 0 Å². The first kappa shape index (κ1) is 20.8. The Morgan fingerprint density at radius 3 is 2.62 bits per heavy atom. The van der Waals surface area contributed by atoms with Crippen LogP contribution in [0.5, 0.6) is 11.5 Å². The second kappa shape index (κ2) is 9.52. The third-order valence-electron chi connectivity index (χ3n) is 4.47. The highest BCUT2D eigenvalue weighted by Gasteiger charge is 2.17. The predicted molar refractivity (Wildman–Crippen MR) is 112 cm³/mol. The van der Waals surface area contributed by atoms with Crippen molar-refractivity contribution in [2.75, 3.05) is 20.2 Å². The van der Waals surface area contributed by atoms with Crippen molar-refractivity contribution in [1.82, 2.24) is 9.88 Å². The van der Waals surface area contributed by atoms with Gasteiger partial charge in [0.25, 0.3) is 5.91 Å². The van der Waals surface area contributed by atoms with Gasteiger partial charge >= 0.3 is 0 Å². The number of carbonyl (C=O) groups excluding carboxylic acids is 1. The van der Waals surface area contributed by atoms with Crippen LogP contribution >= 0.6 is 11.3 Å². The second-order valence-corrected chi connectivity index (χ2v) is 7.16. The van der Waals surface area contributed by atoms with E-state index in [0.29, 0.717) is 30.3 Å². The van der Waals surface area contributed by atoms with Gasteiger partial charge in [-0.3, -0.25) is 4.79 Å². The van der Waals surface area contributed by atoms with Crippen molar-refractivity contribution >= 4 is 17.2 Å². The lowest BCUT2D eigenvalue weighted by Gasteiger charge is -2.16. The maximum atomic E-state index is 13.3. The Kier molecular flexibility index (Phi) is 6.82. The molecule has 1 aromatic heterocycles. The molecule has 0 atom stereocenters. The number of aromatic nitrogens is 1.